The van der Waals surface area contributed by atoms with Crippen LogP contribution in [0, 0.1) is 6.92 Å². The van der Waals surface area contributed by atoms with Crippen LogP contribution >= 0.6 is 15.2 Å². The Morgan fingerprint density at radius 2 is 1.62 bits per heavy atom. The molecule has 0 aliphatic heterocycles. The third-order valence-electron chi connectivity index (χ3n) is 4.13. The average molecular weight is 404 g/mol. The Balaban J connectivity index is 2.11. The number of rotatable bonds is 8. The van der Waals surface area contributed by atoms with E-state index in [-0.39, 0.29) is 0 Å². The Morgan fingerprint density at radius 3 is 2.15 bits per heavy atom. The molecule has 0 atom stereocenters. The maximum absolute atomic E-state index is 11.5. The van der Waals surface area contributed by atoms with Gasteiger partial charge in [0.05, 0.1) is 12.9 Å². The van der Waals surface area contributed by atoms with Crippen LogP contribution in [0.4, 0.5) is 0 Å². The summed E-state index contributed by atoms with van der Waals surface area (Å²) in [4.78, 5) is 40.8. The Morgan fingerprint density at radius 1 is 1.04 bits per heavy atom. The molecule has 0 aliphatic carbocycles. The predicted octanol–water partition coefficient (Wildman–Crippen LogP) is 1.37. The van der Waals surface area contributed by atoms with Crippen LogP contribution < -0.4 is 0 Å². The number of imidazole rings is 1. The minimum atomic E-state index is -5.50. The van der Waals surface area contributed by atoms with Crippen LogP contribution in [0.1, 0.15) is 23.2 Å². The summed E-state index contributed by atoms with van der Waals surface area (Å²) in [5.41, 5.74) is 2.79. The van der Waals surface area contributed by atoms with Gasteiger partial charge in [0.2, 0.25) is 0 Å². The maximum Gasteiger partial charge on any atom is 0.371 e. The second-order valence-corrected chi connectivity index (χ2v) is 10.2. The molecule has 5 N–H and O–H groups in total. The summed E-state index contributed by atoms with van der Waals surface area (Å²) >= 11 is 0. The zero-order valence-electron chi connectivity index (χ0n) is 14.1. The van der Waals surface area contributed by atoms with E-state index < -0.39 is 26.8 Å². The van der Waals surface area contributed by atoms with Crippen molar-refractivity contribution in [3.05, 3.63) is 53.6 Å². The zero-order chi connectivity index (χ0) is 19.6. The molecule has 0 unspecified atom stereocenters. The minimum absolute atomic E-state index is 0.465. The monoisotopic (exact) mass is 404 g/mol. The van der Waals surface area contributed by atoms with Crippen LogP contribution in [-0.4, -0.2) is 39.3 Å². The molecule has 0 aliphatic rings. The van der Waals surface area contributed by atoms with Crippen molar-refractivity contribution < 1.29 is 33.8 Å². The minimum Gasteiger partial charge on any atom is -0.366 e. The van der Waals surface area contributed by atoms with Crippen LogP contribution in [0.15, 0.2) is 36.8 Å². The van der Waals surface area contributed by atoms with Crippen molar-refractivity contribution in [2.45, 2.75) is 37.8 Å². The fourth-order valence-electron chi connectivity index (χ4n) is 2.51. The first-order valence-electron chi connectivity index (χ1n) is 7.82. The largest absolute Gasteiger partial charge is 0.371 e. The van der Waals surface area contributed by atoms with Gasteiger partial charge < -0.3 is 29.2 Å². The summed E-state index contributed by atoms with van der Waals surface area (Å²) in [6.07, 6.45) is 4.53. The summed E-state index contributed by atoms with van der Waals surface area (Å²) in [7, 11) is -11.0. The van der Waals surface area contributed by atoms with E-state index in [9.17, 15) is 33.8 Å². The number of aryl methyl sites for hydroxylation is 3. The fourth-order valence-corrected chi connectivity index (χ4v) is 4.54. The molecule has 26 heavy (non-hydrogen) atoms. The van der Waals surface area contributed by atoms with Crippen molar-refractivity contribution in [2.75, 3.05) is 0 Å². The van der Waals surface area contributed by atoms with Gasteiger partial charge in [-0.15, -0.1) is 0 Å². The lowest BCUT2D eigenvalue weighted by atomic mass is 10.1. The van der Waals surface area contributed by atoms with Crippen molar-refractivity contribution in [1.29, 1.82) is 0 Å². The molecule has 144 valence electrons. The van der Waals surface area contributed by atoms with E-state index in [0.717, 1.165) is 22.1 Å². The quantitative estimate of drug-likeness (QED) is 0.414. The van der Waals surface area contributed by atoms with Gasteiger partial charge in [-0.2, -0.15) is 0 Å². The molecule has 0 fully saturated rings. The lowest BCUT2D eigenvalue weighted by Crippen LogP contribution is -2.34. The van der Waals surface area contributed by atoms with Crippen LogP contribution in [0.5, 0.6) is 0 Å². The Hall–Kier alpha value is -1.31. The molecule has 1 aromatic heterocycles. The molecule has 1 heterocycles. The lowest BCUT2D eigenvalue weighted by molar-refractivity contribution is 0.114. The predicted molar refractivity (Wildman–Crippen MR) is 94.5 cm³/mol. The number of nitrogens with zero attached hydrogens (tertiary/aromatic N) is 2. The highest BCUT2D eigenvalue weighted by Gasteiger charge is 2.59. The van der Waals surface area contributed by atoms with E-state index in [2.05, 4.69) is 4.98 Å². The maximum atomic E-state index is 11.5. The van der Waals surface area contributed by atoms with E-state index in [1.165, 1.54) is 12.5 Å². The smallest absolute Gasteiger partial charge is 0.366 e. The molecule has 0 amide bonds. The van der Waals surface area contributed by atoms with Gasteiger partial charge in [-0.05, 0) is 31.7 Å². The zero-order valence-corrected chi connectivity index (χ0v) is 15.9. The van der Waals surface area contributed by atoms with Crippen molar-refractivity contribution in [2.24, 2.45) is 0 Å². The molecule has 0 saturated carbocycles. The first-order chi connectivity index (χ1) is 11.9. The third-order valence-corrected chi connectivity index (χ3v) is 7.85. The number of aromatic nitrogens is 2. The molecular formula is C15H22N2O7P2. The van der Waals surface area contributed by atoms with E-state index in [4.69, 9.17) is 0 Å². The van der Waals surface area contributed by atoms with Crippen molar-refractivity contribution in [1.82, 2.24) is 9.55 Å². The van der Waals surface area contributed by atoms with E-state index in [1.54, 1.807) is 0 Å². The normalized spacial score (nSPS) is 13.2. The SMILES string of the molecule is Cc1ccc(CCCc2cncn2CC(O)(P(=O)(O)O)P(=O)(O)O)cc1. The van der Waals surface area contributed by atoms with Crippen molar-refractivity contribution in [3.63, 3.8) is 0 Å². The number of hydrogen-bond acceptors (Lipinski definition) is 4. The molecule has 0 saturated heterocycles. The second kappa shape index (κ2) is 7.74. The van der Waals surface area contributed by atoms with Gasteiger partial charge in [0.25, 0.3) is 5.08 Å². The molecule has 0 bridgehead atoms. The Bertz CT molecular complexity index is 816. The van der Waals surface area contributed by atoms with E-state index in [1.807, 2.05) is 31.2 Å². The molecular weight excluding hydrogens is 382 g/mol. The molecule has 11 heteroatoms. The van der Waals surface area contributed by atoms with Crippen LogP contribution in [0.25, 0.3) is 0 Å². The molecule has 0 radical (unpaired) electrons. The molecule has 0 spiro atoms. The number of aliphatic hydroxyl groups is 1. The lowest BCUT2D eigenvalue weighted by Gasteiger charge is -2.29. The summed E-state index contributed by atoms with van der Waals surface area (Å²) in [5, 5.41) is 6.54. The highest BCUT2D eigenvalue weighted by molar-refractivity contribution is 7.72. The topological polar surface area (TPSA) is 153 Å². The van der Waals surface area contributed by atoms with Crippen LogP contribution in [0.2, 0.25) is 0 Å². The first kappa shape index (κ1) is 21.0. The molecule has 9 nitrogen and oxygen atoms in total. The van der Waals surface area contributed by atoms with Gasteiger partial charge in [-0.3, -0.25) is 9.13 Å². The second-order valence-electron chi connectivity index (χ2n) is 6.21. The summed E-state index contributed by atoms with van der Waals surface area (Å²) in [6.45, 7) is 1.03. The van der Waals surface area contributed by atoms with Gasteiger partial charge >= 0.3 is 15.2 Å². The van der Waals surface area contributed by atoms with Gasteiger partial charge in [0.15, 0.2) is 0 Å². The van der Waals surface area contributed by atoms with Crippen molar-refractivity contribution >= 4 is 15.2 Å². The highest BCUT2D eigenvalue weighted by Crippen LogP contribution is 2.68. The summed E-state index contributed by atoms with van der Waals surface area (Å²) < 4.78 is 24.1. The average Bonchev–Trinajstić information content (AvgIpc) is 2.94. The molecule has 2 aromatic rings. The van der Waals surface area contributed by atoms with Crippen molar-refractivity contribution in [3.8, 4) is 0 Å². The summed E-state index contributed by atoms with van der Waals surface area (Å²) in [5.74, 6) is 0. The highest BCUT2D eigenvalue weighted by atomic mass is 31.2. The van der Waals surface area contributed by atoms with Gasteiger partial charge in [0, 0.05) is 11.9 Å². The Kier molecular flexibility index (Phi) is 6.25. The van der Waals surface area contributed by atoms with E-state index in [0.29, 0.717) is 18.5 Å². The first-order valence-corrected chi connectivity index (χ1v) is 11.0. The van der Waals surface area contributed by atoms with Crippen LogP contribution in [0.3, 0.4) is 0 Å². The van der Waals surface area contributed by atoms with Crippen LogP contribution in [-0.2, 0) is 28.5 Å². The number of hydrogen-bond donors (Lipinski definition) is 5. The van der Waals surface area contributed by atoms with E-state index >= 15 is 0 Å². The summed E-state index contributed by atoms with van der Waals surface area (Å²) in [6, 6.07) is 8.01. The number of benzene rings is 1. The van der Waals surface area contributed by atoms with Gasteiger partial charge in [-0.25, -0.2) is 4.98 Å². The van der Waals surface area contributed by atoms with Gasteiger partial charge in [-0.1, -0.05) is 29.8 Å². The standard InChI is InChI=1S/C15H22N2O7P2/c1-12-5-7-13(8-6-12)3-2-4-14-9-16-11-17(14)10-15(18,25(19,20)21)26(22,23)24/h5-9,11,18H,2-4,10H2,1H3,(H2,19,20,21)(H2,22,23,24). The van der Waals surface area contributed by atoms with Gasteiger partial charge in [0.1, 0.15) is 0 Å². The Labute approximate surface area is 150 Å². The molecule has 1 aromatic carbocycles. The molecule has 2 rings (SSSR count). The third kappa shape index (κ3) is 4.69. The fraction of sp³-hybridized carbons (Fsp3) is 0.400.